The van der Waals surface area contributed by atoms with Crippen LogP contribution in [0.4, 0.5) is 18.9 Å². The van der Waals surface area contributed by atoms with Crippen molar-refractivity contribution >= 4 is 33.1 Å². The Hall–Kier alpha value is -2.45. The highest BCUT2D eigenvalue weighted by Gasteiger charge is 2.31. The molecule has 3 aromatic rings. The van der Waals surface area contributed by atoms with Gasteiger partial charge >= 0.3 is 6.18 Å². The Bertz CT molecular complexity index is 951. The number of para-hydroxylation sites is 1. The Labute approximate surface area is 164 Å². The van der Waals surface area contributed by atoms with Crippen LogP contribution in [-0.4, -0.2) is 28.9 Å². The summed E-state index contributed by atoms with van der Waals surface area (Å²) in [7, 11) is 0. The number of nitrogens with one attached hydrogen (secondary N) is 1. The number of likely N-dealkylation sites (tertiary alicyclic amines) is 1. The van der Waals surface area contributed by atoms with Gasteiger partial charge in [0.15, 0.2) is 0 Å². The molecule has 4 nitrogen and oxygen atoms in total. The Balaban J connectivity index is 1.42. The molecule has 2 heterocycles. The quantitative estimate of drug-likeness (QED) is 0.658. The Morgan fingerprint density at radius 1 is 1.18 bits per heavy atom. The van der Waals surface area contributed by atoms with E-state index in [0.717, 1.165) is 46.7 Å². The lowest BCUT2D eigenvalue weighted by atomic mass is 10.2. The highest BCUT2D eigenvalue weighted by Crippen LogP contribution is 2.36. The number of fused-ring (bicyclic) bond motifs is 1. The van der Waals surface area contributed by atoms with Crippen LogP contribution >= 0.6 is 11.3 Å². The number of aromatic nitrogens is 1. The Morgan fingerprint density at radius 3 is 2.64 bits per heavy atom. The smallest absolute Gasteiger partial charge is 0.325 e. The number of rotatable bonds is 4. The number of hydrogen-bond donors (Lipinski definition) is 1. The van der Waals surface area contributed by atoms with Crippen molar-refractivity contribution in [1.29, 1.82) is 0 Å². The summed E-state index contributed by atoms with van der Waals surface area (Å²) >= 11 is 1.64. The largest absolute Gasteiger partial charge is 0.416 e. The van der Waals surface area contributed by atoms with E-state index in [-0.39, 0.29) is 18.5 Å². The third kappa shape index (κ3) is 4.02. The fourth-order valence-corrected chi connectivity index (χ4v) is 4.59. The number of thiazole rings is 1. The molecule has 0 radical (unpaired) electrons. The van der Waals surface area contributed by atoms with Crippen molar-refractivity contribution in [3.8, 4) is 0 Å². The fourth-order valence-electron chi connectivity index (χ4n) is 3.46. The first-order chi connectivity index (χ1) is 13.4. The number of benzene rings is 2. The van der Waals surface area contributed by atoms with E-state index < -0.39 is 11.7 Å². The lowest BCUT2D eigenvalue weighted by Gasteiger charge is -2.22. The molecular formula is C20H18F3N3OS. The van der Waals surface area contributed by atoms with Crippen LogP contribution in [0.25, 0.3) is 10.2 Å². The maximum Gasteiger partial charge on any atom is 0.416 e. The second kappa shape index (κ2) is 7.52. The van der Waals surface area contributed by atoms with Crippen LogP contribution in [0.5, 0.6) is 0 Å². The number of hydrogen-bond acceptors (Lipinski definition) is 4. The zero-order valence-corrected chi connectivity index (χ0v) is 15.7. The summed E-state index contributed by atoms with van der Waals surface area (Å²) in [5.74, 6) is -0.243. The number of halogens is 3. The number of anilines is 1. The van der Waals surface area contributed by atoms with E-state index in [9.17, 15) is 18.0 Å². The van der Waals surface area contributed by atoms with Gasteiger partial charge in [-0.1, -0.05) is 12.1 Å². The SMILES string of the molecule is O=C(CN1CCC[C@H]1c1nc2ccccc2s1)Nc1ccc(C(F)(F)F)cc1. The second-order valence-corrected chi connectivity index (χ2v) is 7.83. The minimum atomic E-state index is -4.39. The van der Waals surface area contributed by atoms with E-state index in [1.54, 1.807) is 11.3 Å². The molecule has 4 rings (SSSR count). The number of alkyl halides is 3. The first-order valence-electron chi connectivity index (χ1n) is 8.97. The fraction of sp³-hybridized carbons (Fsp3) is 0.300. The highest BCUT2D eigenvalue weighted by molar-refractivity contribution is 7.18. The van der Waals surface area contributed by atoms with Gasteiger partial charge < -0.3 is 5.32 Å². The first kappa shape index (κ1) is 18.9. The molecule has 1 aromatic heterocycles. The summed E-state index contributed by atoms with van der Waals surface area (Å²) in [6.07, 6.45) is -2.47. The summed E-state index contributed by atoms with van der Waals surface area (Å²) in [4.78, 5) is 19.2. The molecule has 0 bridgehead atoms. The molecule has 28 heavy (non-hydrogen) atoms. The molecule has 1 N–H and O–H groups in total. The predicted octanol–water partition coefficient (Wildman–Crippen LogP) is 5.09. The molecule has 0 spiro atoms. The third-order valence-corrected chi connectivity index (χ3v) is 5.94. The van der Waals surface area contributed by atoms with Crippen molar-refractivity contribution in [2.75, 3.05) is 18.4 Å². The number of nitrogens with zero attached hydrogens (tertiary/aromatic N) is 2. The number of carbonyl (C=O) groups is 1. The van der Waals surface area contributed by atoms with Gasteiger partial charge in [0.1, 0.15) is 5.01 Å². The lowest BCUT2D eigenvalue weighted by Crippen LogP contribution is -2.32. The van der Waals surface area contributed by atoms with E-state index in [1.165, 1.54) is 12.1 Å². The van der Waals surface area contributed by atoms with E-state index in [4.69, 9.17) is 4.98 Å². The van der Waals surface area contributed by atoms with Crippen LogP contribution in [0.1, 0.15) is 29.5 Å². The number of amides is 1. The Morgan fingerprint density at radius 2 is 1.93 bits per heavy atom. The molecule has 146 valence electrons. The number of carbonyl (C=O) groups excluding carboxylic acids is 1. The third-order valence-electron chi connectivity index (χ3n) is 4.80. The van der Waals surface area contributed by atoms with Gasteiger partial charge in [-0.15, -0.1) is 11.3 Å². The zero-order valence-electron chi connectivity index (χ0n) is 14.9. The van der Waals surface area contributed by atoms with Crippen molar-refractivity contribution < 1.29 is 18.0 Å². The molecule has 1 atom stereocenters. The van der Waals surface area contributed by atoms with Crippen molar-refractivity contribution in [2.45, 2.75) is 25.1 Å². The maximum atomic E-state index is 12.6. The molecular weight excluding hydrogens is 387 g/mol. The average Bonchev–Trinajstić information content (AvgIpc) is 3.27. The molecule has 1 aliphatic heterocycles. The first-order valence-corrected chi connectivity index (χ1v) is 9.78. The van der Waals surface area contributed by atoms with Crippen LogP contribution in [0.3, 0.4) is 0 Å². The molecule has 1 aliphatic rings. The average molecular weight is 405 g/mol. The van der Waals surface area contributed by atoms with Crippen LogP contribution in [0.2, 0.25) is 0 Å². The van der Waals surface area contributed by atoms with Gasteiger partial charge in [-0.05, 0) is 55.8 Å². The summed E-state index contributed by atoms with van der Waals surface area (Å²) in [5, 5.41) is 3.68. The van der Waals surface area contributed by atoms with E-state index in [2.05, 4.69) is 10.2 Å². The van der Waals surface area contributed by atoms with E-state index >= 15 is 0 Å². The van der Waals surface area contributed by atoms with Crippen LogP contribution in [0.15, 0.2) is 48.5 Å². The molecule has 2 aromatic carbocycles. The predicted molar refractivity (Wildman–Crippen MR) is 103 cm³/mol. The van der Waals surface area contributed by atoms with E-state index in [0.29, 0.717) is 5.69 Å². The van der Waals surface area contributed by atoms with Crippen molar-refractivity contribution in [2.24, 2.45) is 0 Å². The normalized spacial score (nSPS) is 17.9. The highest BCUT2D eigenvalue weighted by atomic mass is 32.1. The zero-order chi connectivity index (χ0) is 19.7. The Kier molecular flexibility index (Phi) is 5.07. The van der Waals surface area contributed by atoms with Gasteiger partial charge in [0, 0.05) is 5.69 Å². The molecule has 0 unspecified atom stereocenters. The standard InChI is InChI=1S/C20H18F3N3OS/c21-20(22,23)13-7-9-14(10-8-13)24-18(27)12-26-11-3-5-16(26)19-25-15-4-1-2-6-17(15)28-19/h1-2,4,6-10,16H,3,5,11-12H2,(H,24,27)/t16-/m0/s1. The van der Waals surface area contributed by atoms with E-state index in [1.807, 2.05) is 24.3 Å². The summed E-state index contributed by atoms with van der Waals surface area (Å²) in [6, 6.07) is 12.5. The van der Waals surface area contributed by atoms with Gasteiger partial charge in [-0.3, -0.25) is 9.69 Å². The summed E-state index contributed by atoms with van der Waals surface area (Å²) in [5.41, 5.74) is 0.582. The molecule has 0 aliphatic carbocycles. The van der Waals surface area contributed by atoms with Crippen molar-refractivity contribution in [1.82, 2.24) is 9.88 Å². The van der Waals surface area contributed by atoms with Gasteiger partial charge in [0.25, 0.3) is 0 Å². The summed E-state index contributed by atoms with van der Waals surface area (Å²) < 4.78 is 39.0. The van der Waals surface area contributed by atoms with Gasteiger partial charge in [-0.2, -0.15) is 13.2 Å². The molecule has 0 saturated carbocycles. The monoisotopic (exact) mass is 405 g/mol. The maximum absolute atomic E-state index is 12.6. The second-order valence-electron chi connectivity index (χ2n) is 6.77. The van der Waals surface area contributed by atoms with Crippen LogP contribution in [0, 0.1) is 0 Å². The molecule has 1 saturated heterocycles. The minimum Gasteiger partial charge on any atom is -0.325 e. The van der Waals surface area contributed by atoms with Crippen LogP contribution in [-0.2, 0) is 11.0 Å². The molecule has 8 heteroatoms. The van der Waals surface area contributed by atoms with Crippen LogP contribution < -0.4 is 5.32 Å². The lowest BCUT2D eigenvalue weighted by molar-refractivity contribution is -0.137. The van der Waals surface area contributed by atoms with Crippen molar-refractivity contribution in [3.05, 3.63) is 59.1 Å². The topological polar surface area (TPSA) is 45.2 Å². The molecule has 1 fully saturated rings. The van der Waals surface area contributed by atoms with Gasteiger partial charge in [0.2, 0.25) is 5.91 Å². The van der Waals surface area contributed by atoms with Crippen molar-refractivity contribution in [3.63, 3.8) is 0 Å². The molecule has 1 amide bonds. The van der Waals surface area contributed by atoms with Gasteiger partial charge in [0.05, 0.1) is 28.4 Å². The van der Waals surface area contributed by atoms with Gasteiger partial charge in [-0.25, -0.2) is 4.98 Å². The minimum absolute atomic E-state index is 0.0933. The summed E-state index contributed by atoms with van der Waals surface area (Å²) in [6.45, 7) is 0.975.